The number of benzene rings is 1. The van der Waals surface area contributed by atoms with Crippen molar-refractivity contribution in [3.8, 4) is 5.75 Å². The smallest absolute Gasteiger partial charge is 0.338 e. The van der Waals surface area contributed by atoms with Crippen molar-refractivity contribution in [1.29, 1.82) is 0 Å². The van der Waals surface area contributed by atoms with Crippen LogP contribution >= 0.6 is 0 Å². The zero-order valence-corrected chi connectivity index (χ0v) is 9.47. The maximum absolute atomic E-state index is 11.5. The first-order valence-electron chi connectivity index (χ1n) is 4.76. The lowest BCUT2D eigenvalue weighted by Crippen LogP contribution is -2.07. The van der Waals surface area contributed by atoms with Crippen molar-refractivity contribution in [3.63, 3.8) is 0 Å². The molecule has 1 aromatic carbocycles. The summed E-state index contributed by atoms with van der Waals surface area (Å²) in [5.41, 5.74) is 0.527. The van der Waals surface area contributed by atoms with Crippen molar-refractivity contribution >= 4 is 17.5 Å². The van der Waals surface area contributed by atoms with Crippen LogP contribution in [0, 0.1) is 0 Å². The number of aromatic hydroxyl groups is 1. The van der Waals surface area contributed by atoms with Crippen LogP contribution in [0.25, 0.3) is 5.57 Å². The van der Waals surface area contributed by atoms with E-state index in [1.807, 2.05) is 0 Å². The van der Waals surface area contributed by atoms with Gasteiger partial charge in [-0.1, -0.05) is 12.1 Å². The predicted octanol–water partition coefficient (Wildman–Crippen LogP) is 1.12. The molecule has 0 aliphatic rings. The number of ether oxygens (including phenoxy) is 2. The molecule has 0 unspecified atom stereocenters. The average Bonchev–Trinajstić information content (AvgIpc) is 2.36. The van der Waals surface area contributed by atoms with Gasteiger partial charge in [-0.2, -0.15) is 0 Å². The zero-order valence-electron chi connectivity index (χ0n) is 9.47. The number of esters is 2. The molecule has 0 fully saturated rings. The summed E-state index contributed by atoms with van der Waals surface area (Å²) in [5.74, 6) is -1.24. The molecular formula is C12H12O5. The summed E-state index contributed by atoms with van der Waals surface area (Å²) in [6, 6.07) is 5.81. The summed E-state index contributed by atoms with van der Waals surface area (Å²) >= 11 is 0. The Morgan fingerprint density at radius 2 is 1.71 bits per heavy atom. The zero-order chi connectivity index (χ0) is 12.8. The molecule has 0 saturated heterocycles. The Morgan fingerprint density at radius 1 is 1.12 bits per heavy atom. The standard InChI is InChI=1S/C12H12O5/c1-16-11(14)7-10(12(15)17-2)8-3-5-9(13)6-4-8/h3-7,13H,1-2H3/b10-7+. The third-order valence-electron chi connectivity index (χ3n) is 2.05. The van der Waals surface area contributed by atoms with Crippen molar-refractivity contribution in [2.45, 2.75) is 0 Å². The van der Waals surface area contributed by atoms with Crippen LogP contribution in [0.1, 0.15) is 5.56 Å². The highest BCUT2D eigenvalue weighted by molar-refractivity contribution is 6.20. The van der Waals surface area contributed by atoms with E-state index < -0.39 is 11.9 Å². The highest BCUT2D eigenvalue weighted by Gasteiger charge is 2.14. The lowest BCUT2D eigenvalue weighted by atomic mass is 10.1. The second kappa shape index (κ2) is 5.69. The van der Waals surface area contributed by atoms with Crippen molar-refractivity contribution in [3.05, 3.63) is 35.9 Å². The highest BCUT2D eigenvalue weighted by Crippen LogP contribution is 2.19. The highest BCUT2D eigenvalue weighted by atomic mass is 16.5. The van der Waals surface area contributed by atoms with E-state index in [4.69, 9.17) is 5.11 Å². The van der Waals surface area contributed by atoms with E-state index in [0.717, 1.165) is 6.08 Å². The third-order valence-corrected chi connectivity index (χ3v) is 2.05. The van der Waals surface area contributed by atoms with Gasteiger partial charge in [0.1, 0.15) is 5.75 Å². The fraction of sp³-hybridized carbons (Fsp3) is 0.167. The van der Waals surface area contributed by atoms with E-state index >= 15 is 0 Å². The molecule has 0 aliphatic heterocycles. The minimum absolute atomic E-state index is 0.0658. The van der Waals surface area contributed by atoms with Gasteiger partial charge in [-0.15, -0.1) is 0 Å². The number of phenolic OH excluding ortho intramolecular Hbond substituents is 1. The van der Waals surface area contributed by atoms with E-state index in [1.54, 1.807) is 0 Å². The number of phenols is 1. The molecule has 0 saturated carbocycles. The monoisotopic (exact) mass is 236 g/mol. The first-order valence-corrected chi connectivity index (χ1v) is 4.76. The Labute approximate surface area is 98.3 Å². The third kappa shape index (κ3) is 3.34. The van der Waals surface area contributed by atoms with Gasteiger partial charge < -0.3 is 14.6 Å². The summed E-state index contributed by atoms with van der Waals surface area (Å²) < 4.78 is 9.01. The molecule has 0 aromatic heterocycles. The van der Waals surface area contributed by atoms with Gasteiger partial charge in [0.15, 0.2) is 0 Å². The summed E-state index contributed by atoms with van der Waals surface area (Å²) in [5, 5.41) is 9.14. The molecule has 0 amide bonds. The predicted molar refractivity (Wildman–Crippen MR) is 60.1 cm³/mol. The van der Waals surface area contributed by atoms with Gasteiger partial charge in [0.2, 0.25) is 0 Å². The fourth-order valence-electron chi connectivity index (χ4n) is 1.19. The van der Waals surface area contributed by atoms with E-state index in [-0.39, 0.29) is 11.3 Å². The molecule has 5 nitrogen and oxygen atoms in total. The summed E-state index contributed by atoms with van der Waals surface area (Å²) in [6.45, 7) is 0. The first-order chi connectivity index (χ1) is 8.08. The molecular weight excluding hydrogens is 224 g/mol. The van der Waals surface area contributed by atoms with Crippen molar-refractivity contribution in [1.82, 2.24) is 0 Å². The minimum Gasteiger partial charge on any atom is -0.508 e. The molecule has 0 spiro atoms. The van der Waals surface area contributed by atoms with Crippen LogP contribution < -0.4 is 0 Å². The molecule has 1 aromatic rings. The molecule has 0 atom stereocenters. The van der Waals surface area contributed by atoms with E-state index in [1.165, 1.54) is 38.5 Å². The molecule has 5 heteroatoms. The summed E-state index contributed by atoms with van der Waals surface area (Å²) in [7, 11) is 2.43. The van der Waals surface area contributed by atoms with Gasteiger partial charge in [-0.05, 0) is 17.7 Å². The molecule has 17 heavy (non-hydrogen) atoms. The number of methoxy groups -OCH3 is 2. The molecule has 0 bridgehead atoms. The number of hydrogen-bond donors (Lipinski definition) is 1. The van der Waals surface area contributed by atoms with E-state index in [2.05, 4.69) is 9.47 Å². The molecule has 0 radical (unpaired) electrons. The number of carbonyl (C=O) groups is 2. The molecule has 0 heterocycles. The Morgan fingerprint density at radius 3 is 2.18 bits per heavy atom. The largest absolute Gasteiger partial charge is 0.508 e. The molecule has 1 rings (SSSR count). The second-order valence-corrected chi connectivity index (χ2v) is 3.12. The Kier molecular flexibility index (Phi) is 4.28. The van der Waals surface area contributed by atoms with Gasteiger partial charge in [-0.3, -0.25) is 0 Å². The van der Waals surface area contributed by atoms with Crippen LogP contribution in [-0.2, 0) is 19.1 Å². The van der Waals surface area contributed by atoms with Crippen LogP contribution in [-0.4, -0.2) is 31.3 Å². The van der Waals surface area contributed by atoms with Crippen LogP contribution in [0.5, 0.6) is 5.75 Å². The van der Waals surface area contributed by atoms with Crippen molar-refractivity contribution < 1.29 is 24.2 Å². The maximum atomic E-state index is 11.5. The van der Waals surface area contributed by atoms with Gasteiger partial charge >= 0.3 is 11.9 Å². The number of hydrogen-bond acceptors (Lipinski definition) is 5. The number of rotatable bonds is 3. The van der Waals surface area contributed by atoms with E-state index in [9.17, 15) is 9.59 Å². The lowest BCUT2D eigenvalue weighted by molar-refractivity contribution is -0.136. The average molecular weight is 236 g/mol. The lowest BCUT2D eigenvalue weighted by Gasteiger charge is -2.05. The Hall–Kier alpha value is -2.30. The minimum atomic E-state index is -0.654. The maximum Gasteiger partial charge on any atom is 0.338 e. The Balaban J connectivity index is 3.15. The SMILES string of the molecule is COC(=O)/C=C(/C(=O)OC)c1ccc(O)cc1. The van der Waals surface area contributed by atoms with Gasteiger partial charge in [-0.25, -0.2) is 9.59 Å². The van der Waals surface area contributed by atoms with Gasteiger partial charge in [0, 0.05) is 6.08 Å². The van der Waals surface area contributed by atoms with Crippen LogP contribution in [0.2, 0.25) is 0 Å². The first kappa shape index (κ1) is 12.8. The topological polar surface area (TPSA) is 72.8 Å². The molecule has 90 valence electrons. The van der Waals surface area contributed by atoms with Crippen LogP contribution in [0.4, 0.5) is 0 Å². The van der Waals surface area contributed by atoms with Crippen molar-refractivity contribution in [2.75, 3.05) is 14.2 Å². The molecule has 0 aliphatic carbocycles. The van der Waals surface area contributed by atoms with Crippen LogP contribution in [0.15, 0.2) is 30.3 Å². The number of carbonyl (C=O) groups excluding carboxylic acids is 2. The summed E-state index contributed by atoms with van der Waals surface area (Å²) in [6.07, 6.45) is 1.04. The van der Waals surface area contributed by atoms with Crippen LogP contribution in [0.3, 0.4) is 0 Å². The van der Waals surface area contributed by atoms with Gasteiger partial charge in [0.25, 0.3) is 0 Å². The quantitative estimate of drug-likeness (QED) is 0.629. The van der Waals surface area contributed by atoms with Crippen molar-refractivity contribution in [2.24, 2.45) is 0 Å². The Bertz CT molecular complexity index is 444. The second-order valence-electron chi connectivity index (χ2n) is 3.12. The summed E-state index contributed by atoms with van der Waals surface area (Å²) in [4.78, 5) is 22.6. The molecule has 1 N–H and O–H groups in total. The van der Waals surface area contributed by atoms with E-state index in [0.29, 0.717) is 5.56 Å². The van der Waals surface area contributed by atoms with Gasteiger partial charge in [0.05, 0.1) is 19.8 Å². The fourth-order valence-corrected chi connectivity index (χ4v) is 1.19. The normalized spacial score (nSPS) is 10.8.